The van der Waals surface area contributed by atoms with Crippen molar-refractivity contribution in [3.63, 3.8) is 0 Å². The molecule has 4 heteroatoms. The number of hydrogen-bond acceptors (Lipinski definition) is 2. The Kier molecular flexibility index (Phi) is 4.20. The molecule has 0 aliphatic carbocycles. The maximum atomic E-state index is 12.4. The highest BCUT2D eigenvalue weighted by atomic mass is 16.4. The van der Waals surface area contributed by atoms with Gasteiger partial charge in [0.1, 0.15) is 0 Å². The van der Waals surface area contributed by atoms with Gasteiger partial charge in [-0.2, -0.15) is 0 Å². The standard InChI is InChI=1S/C15H19NO3/c1-2-12-5-3-4-6-13(12)15(19)16-8-7-11(10-16)9-14(17)18/h3-6,11H,2,7-10H2,1H3,(H,17,18). The van der Waals surface area contributed by atoms with Crippen LogP contribution in [0.15, 0.2) is 24.3 Å². The van der Waals surface area contributed by atoms with E-state index in [2.05, 4.69) is 0 Å². The lowest BCUT2D eigenvalue weighted by Crippen LogP contribution is -2.29. The first-order valence-corrected chi connectivity index (χ1v) is 6.70. The number of carbonyl (C=O) groups excluding carboxylic acids is 1. The van der Waals surface area contributed by atoms with Crippen molar-refractivity contribution >= 4 is 11.9 Å². The Morgan fingerprint density at radius 2 is 2.11 bits per heavy atom. The molecule has 0 radical (unpaired) electrons. The largest absolute Gasteiger partial charge is 0.481 e. The van der Waals surface area contributed by atoms with Gasteiger partial charge in [0.05, 0.1) is 0 Å². The van der Waals surface area contributed by atoms with Crippen LogP contribution in [-0.4, -0.2) is 35.0 Å². The van der Waals surface area contributed by atoms with Crippen LogP contribution in [-0.2, 0) is 11.2 Å². The molecule has 1 atom stereocenters. The second-order valence-corrected chi connectivity index (χ2v) is 5.01. The molecule has 1 unspecified atom stereocenters. The van der Waals surface area contributed by atoms with Crippen LogP contribution in [0.3, 0.4) is 0 Å². The van der Waals surface area contributed by atoms with Crippen LogP contribution in [0.4, 0.5) is 0 Å². The second kappa shape index (κ2) is 5.87. The molecule has 1 aliphatic rings. The monoisotopic (exact) mass is 261 g/mol. The fourth-order valence-corrected chi connectivity index (χ4v) is 2.64. The number of aliphatic carboxylic acids is 1. The van der Waals surface area contributed by atoms with Crippen molar-refractivity contribution in [1.82, 2.24) is 4.90 Å². The lowest BCUT2D eigenvalue weighted by atomic mass is 10.0. The molecule has 0 saturated carbocycles. The van der Waals surface area contributed by atoms with E-state index in [1.165, 1.54) is 0 Å². The number of nitrogens with zero attached hydrogens (tertiary/aromatic N) is 1. The quantitative estimate of drug-likeness (QED) is 0.903. The van der Waals surface area contributed by atoms with Crippen LogP contribution in [0.5, 0.6) is 0 Å². The first-order valence-electron chi connectivity index (χ1n) is 6.70. The average Bonchev–Trinajstić information content (AvgIpc) is 2.85. The normalized spacial score (nSPS) is 18.6. The van der Waals surface area contributed by atoms with Gasteiger partial charge in [-0.15, -0.1) is 0 Å². The molecule has 102 valence electrons. The van der Waals surface area contributed by atoms with Crippen molar-refractivity contribution < 1.29 is 14.7 Å². The topological polar surface area (TPSA) is 57.6 Å². The third-order valence-electron chi connectivity index (χ3n) is 3.67. The Labute approximate surface area is 113 Å². The van der Waals surface area contributed by atoms with Gasteiger partial charge in [0.2, 0.25) is 0 Å². The molecular formula is C15H19NO3. The van der Waals surface area contributed by atoms with Crippen LogP contribution >= 0.6 is 0 Å². The first kappa shape index (κ1) is 13.6. The smallest absolute Gasteiger partial charge is 0.303 e. The van der Waals surface area contributed by atoms with Crippen LogP contribution in [0.1, 0.15) is 35.7 Å². The van der Waals surface area contributed by atoms with E-state index in [1.807, 2.05) is 31.2 Å². The number of hydrogen-bond donors (Lipinski definition) is 1. The Bertz CT molecular complexity index is 484. The van der Waals surface area contributed by atoms with E-state index in [1.54, 1.807) is 4.90 Å². The number of likely N-dealkylation sites (tertiary alicyclic amines) is 1. The Morgan fingerprint density at radius 3 is 2.79 bits per heavy atom. The molecule has 1 aliphatic heterocycles. The van der Waals surface area contributed by atoms with Gasteiger partial charge in [0, 0.05) is 25.1 Å². The van der Waals surface area contributed by atoms with Gasteiger partial charge in [0.15, 0.2) is 0 Å². The number of carboxylic acids is 1. The molecular weight excluding hydrogens is 242 g/mol. The summed E-state index contributed by atoms with van der Waals surface area (Å²) in [6.07, 6.45) is 1.76. The van der Waals surface area contributed by atoms with Gasteiger partial charge in [-0.1, -0.05) is 25.1 Å². The second-order valence-electron chi connectivity index (χ2n) is 5.01. The minimum Gasteiger partial charge on any atom is -0.481 e. The van der Waals surface area contributed by atoms with E-state index in [0.29, 0.717) is 13.1 Å². The molecule has 0 bridgehead atoms. The van der Waals surface area contributed by atoms with Crippen molar-refractivity contribution in [2.45, 2.75) is 26.2 Å². The third-order valence-corrected chi connectivity index (χ3v) is 3.67. The summed E-state index contributed by atoms with van der Waals surface area (Å²) in [7, 11) is 0. The first-order chi connectivity index (χ1) is 9.11. The van der Waals surface area contributed by atoms with Gasteiger partial charge in [-0.25, -0.2) is 0 Å². The highest BCUT2D eigenvalue weighted by Gasteiger charge is 2.28. The predicted octanol–water partition coefficient (Wildman–Crippen LogP) is 2.19. The third kappa shape index (κ3) is 3.13. The van der Waals surface area contributed by atoms with Crippen molar-refractivity contribution in [3.8, 4) is 0 Å². The molecule has 1 aromatic rings. The van der Waals surface area contributed by atoms with Crippen LogP contribution in [0.25, 0.3) is 0 Å². The maximum Gasteiger partial charge on any atom is 0.303 e. The highest BCUT2D eigenvalue weighted by Crippen LogP contribution is 2.22. The maximum absolute atomic E-state index is 12.4. The van der Waals surface area contributed by atoms with Gasteiger partial charge >= 0.3 is 5.97 Å². The molecule has 1 N–H and O–H groups in total. The van der Waals surface area contributed by atoms with E-state index >= 15 is 0 Å². The van der Waals surface area contributed by atoms with Crippen molar-refractivity contribution in [1.29, 1.82) is 0 Å². The highest BCUT2D eigenvalue weighted by molar-refractivity contribution is 5.95. The van der Waals surface area contributed by atoms with Gasteiger partial charge in [0.25, 0.3) is 5.91 Å². The summed E-state index contributed by atoms with van der Waals surface area (Å²) in [6, 6.07) is 7.63. The van der Waals surface area contributed by atoms with Crippen LogP contribution < -0.4 is 0 Å². The summed E-state index contributed by atoms with van der Waals surface area (Å²) >= 11 is 0. The molecule has 4 nitrogen and oxygen atoms in total. The summed E-state index contributed by atoms with van der Waals surface area (Å²) in [5, 5.41) is 8.79. The minimum absolute atomic E-state index is 0.0327. The van der Waals surface area contributed by atoms with Gasteiger partial charge < -0.3 is 10.0 Å². The summed E-state index contributed by atoms with van der Waals surface area (Å²) in [6.45, 7) is 3.25. The molecule has 2 rings (SSSR count). The van der Waals surface area contributed by atoms with Crippen molar-refractivity contribution in [3.05, 3.63) is 35.4 Å². The van der Waals surface area contributed by atoms with Crippen molar-refractivity contribution in [2.75, 3.05) is 13.1 Å². The van der Waals surface area contributed by atoms with E-state index in [0.717, 1.165) is 24.0 Å². The van der Waals surface area contributed by atoms with Gasteiger partial charge in [-0.05, 0) is 30.4 Å². The average molecular weight is 261 g/mol. The fraction of sp³-hybridized carbons (Fsp3) is 0.467. The molecule has 0 aromatic heterocycles. The summed E-state index contributed by atoms with van der Waals surface area (Å²) in [5.41, 5.74) is 1.80. The number of carboxylic acid groups (broad SMARTS) is 1. The lowest BCUT2D eigenvalue weighted by molar-refractivity contribution is -0.138. The van der Waals surface area contributed by atoms with E-state index in [-0.39, 0.29) is 18.2 Å². The molecule has 1 saturated heterocycles. The Hall–Kier alpha value is -1.84. The Balaban J connectivity index is 2.07. The number of aryl methyl sites for hydroxylation is 1. The van der Waals surface area contributed by atoms with E-state index < -0.39 is 5.97 Å². The zero-order valence-corrected chi connectivity index (χ0v) is 11.1. The molecule has 1 amide bonds. The zero-order valence-electron chi connectivity index (χ0n) is 11.1. The zero-order chi connectivity index (χ0) is 13.8. The minimum atomic E-state index is -0.784. The van der Waals surface area contributed by atoms with E-state index in [9.17, 15) is 9.59 Å². The van der Waals surface area contributed by atoms with Crippen LogP contribution in [0.2, 0.25) is 0 Å². The molecule has 1 heterocycles. The molecule has 1 fully saturated rings. The SMILES string of the molecule is CCc1ccccc1C(=O)N1CCC(CC(=O)O)C1. The Morgan fingerprint density at radius 1 is 1.37 bits per heavy atom. The lowest BCUT2D eigenvalue weighted by Gasteiger charge is -2.18. The predicted molar refractivity (Wildman–Crippen MR) is 72.1 cm³/mol. The van der Waals surface area contributed by atoms with Crippen LogP contribution in [0, 0.1) is 5.92 Å². The fourth-order valence-electron chi connectivity index (χ4n) is 2.64. The van der Waals surface area contributed by atoms with Gasteiger partial charge in [-0.3, -0.25) is 9.59 Å². The molecule has 19 heavy (non-hydrogen) atoms. The number of benzene rings is 1. The summed E-state index contributed by atoms with van der Waals surface area (Å²) in [4.78, 5) is 24.9. The molecule has 0 spiro atoms. The molecule has 1 aromatic carbocycles. The van der Waals surface area contributed by atoms with Crippen molar-refractivity contribution in [2.24, 2.45) is 5.92 Å². The summed E-state index contributed by atoms with van der Waals surface area (Å²) in [5.74, 6) is -0.658. The number of amides is 1. The number of rotatable bonds is 4. The number of carbonyl (C=O) groups is 2. The van der Waals surface area contributed by atoms with E-state index in [4.69, 9.17) is 5.11 Å². The summed E-state index contributed by atoms with van der Waals surface area (Å²) < 4.78 is 0.